The van der Waals surface area contributed by atoms with Crippen molar-refractivity contribution in [1.29, 1.82) is 0 Å². The van der Waals surface area contributed by atoms with Crippen LogP contribution < -0.4 is 0 Å². The summed E-state index contributed by atoms with van der Waals surface area (Å²) in [5.41, 5.74) is 5.56. The zero-order chi connectivity index (χ0) is 11.4. The standard InChI is InChI=1S/C15H15NO.CH4.B.FH.W/c1-2-10-7-11-3-4-12-8-17-9-16-6-5-13(10)15(16)14(11)12;;;;/h5-6,12H,1-4,8-9H2;1H4;;1H;/q-2;;;;+2. The number of hydrogen-bond acceptors (Lipinski definition) is 1. The summed E-state index contributed by atoms with van der Waals surface area (Å²) in [6.07, 6.45) is 5.32. The van der Waals surface area contributed by atoms with Gasteiger partial charge in [-0.3, -0.25) is 4.70 Å². The second-order valence-electron chi connectivity index (χ2n) is 5.03. The van der Waals surface area contributed by atoms with Crippen LogP contribution in [0, 0.1) is 13.0 Å². The minimum Gasteiger partial charge on any atom is -0.361 e. The largest absolute Gasteiger partial charge is 2.00 e. The summed E-state index contributed by atoms with van der Waals surface area (Å²) in [5, 5.41) is 1.33. The van der Waals surface area contributed by atoms with Crippen LogP contribution in [0.3, 0.4) is 0 Å². The first-order valence-corrected chi connectivity index (χ1v) is 6.31. The Morgan fingerprint density at radius 2 is 2.19 bits per heavy atom. The molecule has 0 saturated carbocycles. The molecule has 1 aromatic carbocycles. The zero-order valence-corrected chi connectivity index (χ0v) is 14.2. The van der Waals surface area contributed by atoms with Crippen LogP contribution in [-0.2, 0) is 45.4 Å². The Labute approximate surface area is 142 Å². The van der Waals surface area contributed by atoms with Crippen molar-refractivity contribution in [3.8, 4) is 0 Å². The van der Waals surface area contributed by atoms with Gasteiger partial charge in [0.2, 0.25) is 0 Å². The van der Waals surface area contributed by atoms with E-state index in [0.29, 0.717) is 12.6 Å². The second-order valence-corrected chi connectivity index (χ2v) is 5.03. The Bertz CT molecular complexity index is 614. The topological polar surface area (TPSA) is 14.2 Å². The summed E-state index contributed by atoms with van der Waals surface area (Å²) in [6, 6.07) is 5.78. The Morgan fingerprint density at radius 1 is 1.43 bits per heavy atom. The second kappa shape index (κ2) is 7.60. The van der Waals surface area contributed by atoms with Gasteiger partial charge in [-0.1, -0.05) is 31.9 Å². The van der Waals surface area contributed by atoms with Gasteiger partial charge in [0, 0.05) is 15.0 Å². The third-order valence-corrected chi connectivity index (χ3v) is 4.12. The van der Waals surface area contributed by atoms with Crippen LogP contribution in [0.1, 0.15) is 36.5 Å². The van der Waals surface area contributed by atoms with Crippen molar-refractivity contribution in [2.45, 2.75) is 39.3 Å². The Hall–Kier alpha value is -0.597. The van der Waals surface area contributed by atoms with E-state index in [2.05, 4.69) is 29.8 Å². The van der Waals surface area contributed by atoms with E-state index in [1.54, 1.807) is 0 Å². The fraction of sp³-hybridized carbons (Fsp3) is 0.438. The van der Waals surface area contributed by atoms with Gasteiger partial charge in [-0.05, 0) is 12.1 Å². The number of benzene rings is 1. The molecule has 0 bridgehead atoms. The van der Waals surface area contributed by atoms with Gasteiger partial charge < -0.3 is 16.2 Å². The number of hydrogen-bond donors (Lipinski definition) is 0. The van der Waals surface area contributed by atoms with Crippen molar-refractivity contribution in [2.24, 2.45) is 0 Å². The van der Waals surface area contributed by atoms with Crippen LogP contribution in [0.15, 0.2) is 12.3 Å². The molecule has 0 N–H and O–H groups in total. The fourth-order valence-corrected chi connectivity index (χ4v) is 3.34. The third-order valence-electron chi connectivity index (χ3n) is 4.12. The minimum atomic E-state index is 0. The van der Waals surface area contributed by atoms with Crippen LogP contribution in [0.25, 0.3) is 10.9 Å². The summed E-state index contributed by atoms with van der Waals surface area (Å²) in [5.74, 6) is 0.582. The molecule has 0 saturated heterocycles. The maximum atomic E-state index is 5.77. The predicted octanol–water partition coefficient (Wildman–Crippen LogP) is 3.24. The van der Waals surface area contributed by atoms with Gasteiger partial charge in [0.15, 0.2) is 0 Å². The van der Waals surface area contributed by atoms with Crippen molar-refractivity contribution in [1.82, 2.24) is 4.57 Å². The SMILES string of the molecule is C.F.[B].[CH2-]Cc1[c-]c2c3c4c1ccn4COCC3CC2.[W+2]. The monoisotopic (exact) mass is 456 g/mol. The quantitative estimate of drug-likeness (QED) is 0.475. The Morgan fingerprint density at radius 3 is 2.90 bits per heavy atom. The van der Waals surface area contributed by atoms with Crippen LogP contribution in [0.2, 0.25) is 0 Å². The third kappa shape index (κ3) is 2.85. The van der Waals surface area contributed by atoms with Crippen LogP contribution in [-0.4, -0.2) is 19.6 Å². The number of aryl methyl sites for hydroxylation is 1. The van der Waals surface area contributed by atoms with Gasteiger partial charge >= 0.3 is 21.1 Å². The van der Waals surface area contributed by atoms with Gasteiger partial charge in [0.25, 0.3) is 0 Å². The molecule has 2 aromatic rings. The normalized spacial score (nSPS) is 17.9. The predicted molar refractivity (Wildman–Crippen MR) is 81.8 cm³/mol. The van der Waals surface area contributed by atoms with E-state index < -0.39 is 0 Å². The van der Waals surface area contributed by atoms with Gasteiger partial charge in [-0.15, -0.1) is 10.9 Å². The summed E-state index contributed by atoms with van der Waals surface area (Å²) in [4.78, 5) is 0. The number of halogens is 1. The average molecular weight is 456 g/mol. The zero-order valence-electron chi connectivity index (χ0n) is 11.2. The van der Waals surface area contributed by atoms with Gasteiger partial charge in [0.1, 0.15) is 6.73 Å². The summed E-state index contributed by atoms with van der Waals surface area (Å²) >= 11 is 0. The molecule has 2 heterocycles. The van der Waals surface area contributed by atoms with Crippen molar-refractivity contribution >= 4 is 19.3 Å². The molecule has 2 aliphatic rings. The molecule has 0 amide bonds. The average Bonchev–Trinajstić information content (AvgIpc) is 2.88. The molecule has 1 unspecified atom stereocenters. The van der Waals surface area contributed by atoms with Crippen molar-refractivity contribution in [3.05, 3.63) is 41.9 Å². The summed E-state index contributed by atoms with van der Waals surface area (Å²) in [6.45, 7) is 5.58. The molecule has 1 aliphatic carbocycles. The maximum absolute atomic E-state index is 5.77. The Balaban J connectivity index is 0.000001000. The van der Waals surface area contributed by atoms with Crippen LogP contribution >= 0.6 is 0 Å². The van der Waals surface area contributed by atoms with E-state index in [4.69, 9.17) is 4.74 Å². The molecule has 3 radical (unpaired) electrons. The van der Waals surface area contributed by atoms with Crippen LogP contribution in [0.4, 0.5) is 4.70 Å². The van der Waals surface area contributed by atoms with Crippen molar-refractivity contribution in [3.63, 3.8) is 0 Å². The molecule has 5 heteroatoms. The Kier molecular flexibility index (Phi) is 7.39. The van der Waals surface area contributed by atoms with E-state index in [-0.39, 0.29) is 41.6 Å². The first kappa shape index (κ1) is 20.4. The molecule has 4 rings (SSSR count). The van der Waals surface area contributed by atoms with E-state index in [0.717, 1.165) is 19.4 Å². The van der Waals surface area contributed by atoms with E-state index in [9.17, 15) is 0 Å². The number of ether oxygens (including phenoxy) is 1. The molecule has 21 heavy (non-hydrogen) atoms. The number of aromatic nitrogens is 1. The van der Waals surface area contributed by atoms with Crippen molar-refractivity contribution in [2.75, 3.05) is 6.61 Å². The van der Waals surface area contributed by atoms with Crippen LogP contribution in [0.5, 0.6) is 0 Å². The van der Waals surface area contributed by atoms with E-state index >= 15 is 0 Å². The smallest absolute Gasteiger partial charge is 0.361 e. The van der Waals surface area contributed by atoms with Crippen molar-refractivity contribution < 1.29 is 30.5 Å². The molecule has 1 aliphatic heterocycles. The minimum absolute atomic E-state index is 0. The molecular weight excluding hydrogens is 436 g/mol. The van der Waals surface area contributed by atoms with E-state index in [1.807, 2.05) is 0 Å². The maximum Gasteiger partial charge on any atom is 2.00 e. The molecule has 2 nitrogen and oxygen atoms in total. The molecule has 111 valence electrons. The first-order valence-electron chi connectivity index (χ1n) is 6.31. The molecule has 1 aromatic heterocycles. The molecule has 0 fully saturated rings. The fourth-order valence-electron chi connectivity index (χ4n) is 3.34. The number of rotatable bonds is 1. The van der Waals surface area contributed by atoms with Gasteiger partial charge in [-0.2, -0.15) is 23.6 Å². The van der Waals surface area contributed by atoms with Gasteiger partial charge in [0.05, 0.1) is 0 Å². The summed E-state index contributed by atoms with van der Waals surface area (Å²) < 4.78 is 8.01. The summed E-state index contributed by atoms with van der Waals surface area (Å²) in [7, 11) is 0. The molecule has 0 spiro atoms. The molecular formula is C16H20BFNOW. The molecule has 1 atom stereocenters. The first-order chi connectivity index (χ1) is 8.38. The van der Waals surface area contributed by atoms with E-state index in [1.165, 1.54) is 34.0 Å². The number of nitrogens with zero attached hydrogens (tertiary/aromatic N) is 1. The van der Waals surface area contributed by atoms with Gasteiger partial charge in [-0.25, -0.2) is 0 Å².